The van der Waals surface area contributed by atoms with E-state index in [-0.39, 0.29) is 24.7 Å². The molecule has 0 aromatic rings. The molecule has 0 amide bonds. The second kappa shape index (κ2) is 38.6. The summed E-state index contributed by atoms with van der Waals surface area (Å²) in [4.78, 5) is 43.0. The van der Waals surface area contributed by atoms with Crippen LogP contribution < -0.4 is 0 Å². The standard InChI is InChI=1S/C28H49O4P.C24H41O5P/c1-9-30-28(29)27(33(31-10-2)32-11-3)22-21-26(8)20-14-19-25(7)18-13-17-24(6)16-12-15-23(4)5;1-7-29-24(25)23(30(26,27)28)18-17-22(6)16-10-15-21(5)14-9-13-20(4)12-8-11-19(2)3/h15,17,19,21,27H,9-14,16,18,20,22H2,1-8H3;11,13,15,17,23H,7-10,12,14,16,18H2,1-6H3,(H2,26,27,28)/b24-17+,25-19+,26-21+;20-13+,21-15+,22-17+. The molecule has 0 spiro atoms. The fourth-order valence-corrected chi connectivity index (χ4v) is 8.38. The number of hydrogen-bond acceptors (Lipinski definition) is 7. The lowest BCUT2D eigenvalue weighted by Crippen LogP contribution is -2.23. The summed E-state index contributed by atoms with van der Waals surface area (Å²) in [7, 11) is -5.82. The Morgan fingerprint density at radius 2 is 0.762 bits per heavy atom. The molecule has 11 heteroatoms. The summed E-state index contributed by atoms with van der Waals surface area (Å²) in [6.45, 7) is 30.2. The number of ether oxygens (including phenoxy) is 2. The quantitative estimate of drug-likeness (QED) is 0.0385. The third-order valence-corrected chi connectivity index (χ3v) is 13.2. The van der Waals surface area contributed by atoms with Gasteiger partial charge in [-0.25, -0.2) is 0 Å². The third-order valence-electron chi connectivity index (χ3n) is 9.98. The predicted molar refractivity (Wildman–Crippen MR) is 269 cm³/mol. The van der Waals surface area contributed by atoms with Gasteiger partial charge in [-0.05, 0) is 187 Å². The average molecular weight is 921 g/mol. The highest BCUT2D eigenvalue weighted by Crippen LogP contribution is 2.46. The Morgan fingerprint density at radius 3 is 1.06 bits per heavy atom. The summed E-state index contributed by atoms with van der Waals surface area (Å²) in [6, 6.07) is 0. The summed E-state index contributed by atoms with van der Waals surface area (Å²) in [5, 5.41) is 0. The van der Waals surface area contributed by atoms with Crippen LogP contribution in [0.2, 0.25) is 0 Å². The third kappa shape index (κ3) is 36.3. The van der Waals surface area contributed by atoms with E-state index in [9.17, 15) is 23.9 Å². The maximum absolute atomic E-state index is 12.5. The van der Waals surface area contributed by atoms with Crippen molar-refractivity contribution in [1.29, 1.82) is 0 Å². The monoisotopic (exact) mass is 921 g/mol. The maximum Gasteiger partial charge on any atom is 0.340 e. The summed E-state index contributed by atoms with van der Waals surface area (Å²) < 4.78 is 33.1. The molecule has 0 aliphatic rings. The Hall–Kier alpha value is -2.64. The van der Waals surface area contributed by atoms with Gasteiger partial charge in [0, 0.05) is 0 Å². The molecule has 0 aliphatic carbocycles. The van der Waals surface area contributed by atoms with Gasteiger partial charge in [0.05, 0.1) is 26.4 Å². The average Bonchev–Trinajstić information content (AvgIpc) is 3.18. The van der Waals surface area contributed by atoms with Crippen molar-refractivity contribution >= 4 is 27.9 Å². The zero-order valence-electron chi connectivity index (χ0n) is 42.1. The van der Waals surface area contributed by atoms with E-state index in [1.165, 1.54) is 39.0 Å². The van der Waals surface area contributed by atoms with Crippen LogP contribution in [0.3, 0.4) is 0 Å². The molecule has 2 N–H and O–H groups in total. The Kier molecular flexibility index (Phi) is 38.3. The van der Waals surface area contributed by atoms with Crippen molar-refractivity contribution in [2.24, 2.45) is 0 Å². The van der Waals surface area contributed by atoms with Gasteiger partial charge in [0.25, 0.3) is 0 Å². The highest BCUT2D eigenvalue weighted by molar-refractivity contribution is 7.53. The molecule has 0 bridgehead atoms. The van der Waals surface area contributed by atoms with Gasteiger partial charge in [-0.3, -0.25) is 14.2 Å². The molecule has 0 aliphatic heterocycles. The molecule has 0 aromatic carbocycles. The molecule has 0 aromatic heterocycles. The number of allylic oxidation sites excluding steroid dienone is 16. The van der Waals surface area contributed by atoms with Gasteiger partial charge in [0.2, 0.25) is 0 Å². The molecule has 0 rings (SSSR count). The van der Waals surface area contributed by atoms with E-state index in [2.05, 4.69) is 105 Å². The highest BCUT2D eigenvalue weighted by atomic mass is 31.2. The van der Waals surface area contributed by atoms with Crippen molar-refractivity contribution in [3.05, 3.63) is 93.2 Å². The van der Waals surface area contributed by atoms with Crippen molar-refractivity contribution in [3.8, 4) is 0 Å². The van der Waals surface area contributed by atoms with Crippen LogP contribution in [0.1, 0.15) is 187 Å². The van der Waals surface area contributed by atoms with Gasteiger partial charge in [0.15, 0.2) is 14.0 Å². The Balaban J connectivity index is 0. The highest BCUT2D eigenvalue weighted by Gasteiger charge is 2.36. The normalized spacial score (nSPS) is 14.2. The van der Waals surface area contributed by atoms with Crippen LogP contribution in [0, 0.1) is 0 Å². The van der Waals surface area contributed by atoms with E-state index in [0.717, 1.165) is 82.6 Å². The molecule has 0 fully saturated rings. The SMILES string of the molecule is CCOC(=O)C(C/C=C(\C)CC/C=C(\C)CC/C=C(\C)CCC=C(C)C)P(=O)(O)O.CCOC(=O)C(C/C=C(\C)CC/C=C(\C)CC/C=C(\C)CCC=C(C)C)P(OCC)OCC. The molecule has 2 atom stereocenters. The van der Waals surface area contributed by atoms with E-state index in [1.807, 2.05) is 27.7 Å². The van der Waals surface area contributed by atoms with E-state index in [4.69, 9.17) is 18.5 Å². The zero-order chi connectivity index (χ0) is 48.2. The molecule has 0 radical (unpaired) electrons. The minimum Gasteiger partial charge on any atom is -0.465 e. The van der Waals surface area contributed by atoms with E-state index in [0.29, 0.717) is 26.2 Å². The minimum absolute atomic E-state index is 0.00550. The maximum atomic E-state index is 12.5. The topological polar surface area (TPSA) is 129 Å². The lowest BCUT2D eigenvalue weighted by Gasteiger charge is -2.23. The molecular weight excluding hydrogens is 831 g/mol. The van der Waals surface area contributed by atoms with Crippen molar-refractivity contribution < 1.29 is 42.5 Å². The van der Waals surface area contributed by atoms with E-state index < -0.39 is 27.6 Å². The minimum atomic E-state index is -4.53. The van der Waals surface area contributed by atoms with Crippen LogP contribution in [-0.4, -0.2) is 59.5 Å². The molecular formula is C52H90O9P2. The first kappa shape index (κ1) is 62.4. The first-order valence-corrected chi connectivity index (χ1v) is 26.3. The van der Waals surface area contributed by atoms with E-state index >= 15 is 0 Å². The smallest absolute Gasteiger partial charge is 0.340 e. The second-order valence-electron chi connectivity index (χ2n) is 16.8. The van der Waals surface area contributed by atoms with Gasteiger partial charge in [0.1, 0.15) is 5.66 Å². The second-order valence-corrected chi connectivity index (χ2v) is 20.3. The largest absolute Gasteiger partial charge is 0.465 e. The summed E-state index contributed by atoms with van der Waals surface area (Å²) in [5.74, 6) is -1.07. The van der Waals surface area contributed by atoms with Crippen molar-refractivity contribution in [1.82, 2.24) is 0 Å². The first-order valence-electron chi connectivity index (χ1n) is 23.4. The van der Waals surface area contributed by atoms with Crippen LogP contribution in [0.25, 0.3) is 0 Å². The molecule has 9 nitrogen and oxygen atoms in total. The van der Waals surface area contributed by atoms with E-state index in [1.54, 1.807) is 13.0 Å². The Labute approximate surface area is 386 Å². The van der Waals surface area contributed by atoms with Gasteiger partial charge < -0.3 is 28.3 Å². The fourth-order valence-electron chi connectivity index (χ4n) is 6.19. The lowest BCUT2D eigenvalue weighted by molar-refractivity contribution is -0.143. The number of carbonyl (C=O) groups excluding carboxylic acids is 2. The number of hydrogen-bond donors (Lipinski definition) is 2. The molecule has 2 unspecified atom stereocenters. The lowest BCUT2D eigenvalue weighted by atomic mass is 10.0. The van der Waals surface area contributed by atoms with Crippen LogP contribution in [0.15, 0.2) is 93.2 Å². The van der Waals surface area contributed by atoms with Crippen molar-refractivity contribution in [3.63, 3.8) is 0 Å². The summed E-state index contributed by atoms with van der Waals surface area (Å²) >= 11 is 0. The predicted octanol–water partition coefficient (Wildman–Crippen LogP) is 15.5. The fraction of sp³-hybridized carbons (Fsp3) is 0.654. The van der Waals surface area contributed by atoms with Crippen molar-refractivity contribution in [2.45, 2.75) is 198 Å². The summed E-state index contributed by atoms with van der Waals surface area (Å²) in [6.07, 6.45) is 30.8. The Bertz CT molecular complexity index is 1580. The Morgan fingerprint density at radius 1 is 0.460 bits per heavy atom. The molecule has 0 saturated heterocycles. The van der Waals surface area contributed by atoms with Crippen LogP contribution >= 0.6 is 16.0 Å². The van der Waals surface area contributed by atoms with Gasteiger partial charge in [-0.1, -0.05) is 93.2 Å². The van der Waals surface area contributed by atoms with Crippen LogP contribution in [0.4, 0.5) is 0 Å². The number of esters is 2. The molecule has 0 saturated carbocycles. The molecule has 362 valence electrons. The first-order chi connectivity index (χ1) is 29.7. The number of rotatable bonds is 32. The molecule has 63 heavy (non-hydrogen) atoms. The van der Waals surface area contributed by atoms with Crippen LogP contribution in [0.5, 0.6) is 0 Å². The zero-order valence-corrected chi connectivity index (χ0v) is 43.9. The summed E-state index contributed by atoms with van der Waals surface area (Å²) in [5.41, 5.74) is 8.95. The number of carbonyl (C=O) groups is 2. The van der Waals surface area contributed by atoms with Gasteiger partial charge in [-0.2, -0.15) is 0 Å². The van der Waals surface area contributed by atoms with Crippen LogP contribution in [-0.2, 0) is 32.7 Å². The molecule has 0 heterocycles. The van der Waals surface area contributed by atoms with Gasteiger partial charge in [-0.15, -0.1) is 0 Å². The van der Waals surface area contributed by atoms with Crippen molar-refractivity contribution in [2.75, 3.05) is 26.4 Å². The van der Waals surface area contributed by atoms with Gasteiger partial charge >= 0.3 is 19.5 Å².